The van der Waals surface area contributed by atoms with Gasteiger partial charge in [-0.3, -0.25) is 0 Å². The van der Waals surface area contributed by atoms with E-state index >= 15 is 0 Å². The van der Waals surface area contributed by atoms with Crippen LogP contribution in [0.25, 0.3) is 34.0 Å². The first-order valence-electron chi connectivity index (χ1n) is 8.97. The van der Waals surface area contributed by atoms with E-state index in [0.29, 0.717) is 38.4 Å². The summed E-state index contributed by atoms with van der Waals surface area (Å²) in [6.45, 7) is -0.215. The Morgan fingerprint density at radius 1 is 1.00 bits per heavy atom. The molecular formula is C21H15Cl3N4O2S. The molecule has 0 fully saturated rings. The zero-order valence-corrected chi connectivity index (χ0v) is 19.1. The molecule has 0 aliphatic heterocycles. The quantitative estimate of drug-likeness (QED) is 0.199. The highest BCUT2D eigenvalue weighted by atomic mass is 35.5. The van der Waals surface area contributed by atoms with Crippen molar-refractivity contribution < 1.29 is 10.3 Å². The minimum absolute atomic E-state index is 0.142. The summed E-state index contributed by atoms with van der Waals surface area (Å²) in [6, 6.07) is 11.9. The maximum absolute atomic E-state index is 11.2. The van der Waals surface area contributed by atoms with Gasteiger partial charge in [0.05, 0.1) is 27.9 Å². The van der Waals surface area contributed by atoms with Crippen molar-refractivity contribution in [2.75, 3.05) is 6.26 Å². The van der Waals surface area contributed by atoms with Crippen LogP contribution < -0.4 is 0 Å². The maximum atomic E-state index is 11.2. The molecule has 10 heteroatoms. The number of aliphatic hydroxyl groups is 1. The summed E-state index contributed by atoms with van der Waals surface area (Å²) in [5.41, 5.74) is 2.91. The Labute approximate surface area is 197 Å². The lowest BCUT2D eigenvalue weighted by molar-refractivity contribution is 0.195. The van der Waals surface area contributed by atoms with Crippen molar-refractivity contribution in [2.45, 2.75) is 11.8 Å². The number of imidazole rings is 1. The minimum atomic E-state index is -0.215. The fourth-order valence-electron chi connectivity index (χ4n) is 3.11. The highest BCUT2D eigenvalue weighted by molar-refractivity contribution is 7.98. The Hall–Kier alpha value is -2.29. The number of thioether (sulfide) groups is 1. The van der Waals surface area contributed by atoms with E-state index in [1.54, 1.807) is 48.7 Å². The van der Waals surface area contributed by atoms with E-state index in [-0.39, 0.29) is 22.5 Å². The molecule has 2 aromatic heterocycles. The van der Waals surface area contributed by atoms with Crippen LogP contribution in [0.4, 0.5) is 0 Å². The summed E-state index contributed by atoms with van der Waals surface area (Å²) >= 11 is 20.3. The SMILES string of the molecule is CSc1nccc(-c2c(-c3ccc(Cl)cc3)nc(-c3c(Cl)cc(CO)cc3Cl)n2O)n1. The maximum Gasteiger partial charge on any atom is 0.187 e. The number of rotatable bonds is 5. The molecule has 0 amide bonds. The van der Waals surface area contributed by atoms with E-state index in [4.69, 9.17) is 34.8 Å². The molecular weight excluding hydrogens is 479 g/mol. The van der Waals surface area contributed by atoms with Crippen molar-refractivity contribution in [2.24, 2.45) is 0 Å². The van der Waals surface area contributed by atoms with Crippen LogP contribution in [0.1, 0.15) is 5.56 Å². The van der Waals surface area contributed by atoms with Gasteiger partial charge in [0, 0.05) is 16.8 Å². The molecule has 2 aromatic carbocycles. The minimum Gasteiger partial charge on any atom is -0.426 e. The molecule has 158 valence electrons. The molecule has 0 unspecified atom stereocenters. The van der Waals surface area contributed by atoms with Crippen molar-refractivity contribution in [3.05, 3.63) is 69.3 Å². The first-order valence-corrected chi connectivity index (χ1v) is 11.3. The summed E-state index contributed by atoms with van der Waals surface area (Å²) in [6.07, 6.45) is 3.48. The van der Waals surface area contributed by atoms with Crippen LogP contribution >= 0.6 is 46.6 Å². The Balaban J connectivity index is 2.00. The summed E-state index contributed by atoms with van der Waals surface area (Å²) in [5, 5.41) is 22.2. The third kappa shape index (κ3) is 4.24. The predicted octanol–water partition coefficient (Wildman–Crippen LogP) is 6.09. The highest BCUT2D eigenvalue weighted by Crippen LogP contribution is 2.40. The number of nitrogens with zero attached hydrogens (tertiary/aromatic N) is 4. The molecule has 0 aliphatic carbocycles. The molecule has 2 heterocycles. The predicted molar refractivity (Wildman–Crippen MR) is 124 cm³/mol. The number of aliphatic hydroxyl groups excluding tert-OH is 1. The van der Waals surface area contributed by atoms with E-state index in [1.165, 1.54) is 11.8 Å². The van der Waals surface area contributed by atoms with Gasteiger partial charge < -0.3 is 10.3 Å². The zero-order valence-electron chi connectivity index (χ0n) is 16.1. The Bertz CT molecular complexity index is 1240. The second kappa shape index (κ2) is 9.06. The third-order valence-corrected chi connectivity index (χ3v) is 5.95. The first kappa shape index (κ1) is 21.9. The molecule has 0 aliphatic rings. The molecule has 0 saturated heterocycles. The van der Waals surface area contributed by atoms with E-state index in [1.807, 2.05) is 6.26 Å². The van der Waals surface area contributed by atoms with Gasteiger partial charge in [-0.15, -0.1) is 0 Å². The molecule has 0 spiro atoms. The van der Waals surface area contributed by atoms with Crippen molar-refractivity contribution in [1.29, 1.82) is 0 Å². The fourth-order valence-corrected chi connectivity index (χ4v) is 4.30. The van der Waals surface area contributed by atoms with Gasteiger partial charge in [0.25, 0.3) is 0 Å². The first-order chi connectivity index (χ1) is 14.9. The van der Waals surface area contributed by atoms with E-state index in [9.17, 15) is 10.3 Å². The van der Waals surface area contributed by atoms with Gasteiger partial charge in [-0.1, -0.05) is 58.7 Å². The van der Waals surface area contributed by atoms with Crippen LogP contribution in [0, 0.1) is 0 Å². The number of hydrogen-bond acceptors (Lipinski definition) is 6. The second-order valence-electron chi connectivity index (χ2n) is 6.47. The van der Waals surface area contributed by atoms with Crippen molar-refractivity contribution >= 4 is 46.6 Å². The lowest BCUT2D eigenvalue weighted by Crippen LogP contribution is -2.01. The largest absolute Gasteiger partial charge is 0.426 e. The smallest absolute Gasteiger partial charge is 0.187 e. The molecule has 0 atom stereocenters. The lowest BCUT2D eigenvalue weighted by atomic mass is 10.1. The lowest BCUT2D eigenvalue weighted by Gasteiger charge is -2.09. The van der Waals surface area contributed by atoms with Crippen LogP contribution in [0.15, 0.2) is 53.8 Å². The van der Waals surface area contributed by atoms with E-state index < -0.39 is 0 Å². The van der Waals surface area contributed by atoms with Crippen LogP contribution in [0.5, 0.6) is 0 Å². The van der Waals surface area contributed by atoms with E-state index in [2.05, 4.69) is 15.0 Å². The number of aromatic nitrogens is 4. The standard InChI is InChI=1S/C21H15Cl3N4O2S/c1-31-21-25-7-6-16(26-21)19-18(12-2-4-13(22)5-3-12)27-20(28(19)30)17-14(23)8-11(10-29)9-15(17)24/h2-9,29-30H,10H2,1H3. The summed E-state index contributed by atoms with van der Waals surface area (Å²) in [4.78, 5) is 13.4. The third-order valence-electron chi connectivity index (χ3n) is 4.54. The molecule has 0 bridgehead atoms. The monoisotopic (exact) mass is 492 g/mol. The van der Waals surface area contributed by atoms with Crippen LogP contribution in [-0.4, -0.2) is 36.3 Å². The fraction of sp³-hybridized carbons (Fsp3) is 0.0952. The van der Waals surface area contributed by atoms with Crippen LogP contribution in [0.2, 0.25) is 15.1 Å². The topological polar surface area (TPSA) is 84.1 Å². The number of halogens is 3. The Kier molecular flexibility index (Phi) is 6.41. The second-order valence-corrected chi connectivity index (χ2v) is 8.50. The molecule has 2 N–H and O–H groups in total. The normalized spacial score (nSPS) is 11.1. The van der Waals surface area contributed by atoms with Gasteiger partial charge in [0.2, 0.25) is 0 Å². The number of hydrogen-bond donors (Lipinski definition) is 2. The molecule has 4 aromatic rings. The van der Waals surface area contributed by atoms with Gasteiger partial charge in [-0.05, 0) is 42.2 Å². The summed E-state index contributed by atoms with van der Waals surface area (Å²) in [5.74, 6) is 0.142. The molecule has 0 saturated carbocycles. The van der Waals surface area contributed by atoms with Crippen molar-refractivity contribution in [3.63, 3.8) is 0 Å². The van der Waals surface area contributed by atoms with Crippen molar-refractivity contribution in [3.8, 4) is 34.0 Å². The summed E-state index contributed by atoms with van der Waals surface area (Å²) in [7, 11) is 0. The van der Waals surface area contributed by atoms with Crippen LogP contribution in [-0.2, 0) is 6.61 Å². The molecule has 31 heavy (non-hydrogen) atoms. The summed E-state index contributed by atoms with van der Waals surface area (Å²) < 4.78 is 0.919. The Morgan fingerprint density at radius 3 is 2.29 bits per heavy atom. The average molecular weight is 494 g/mol. The van der Waals surface area contributed by atoms with Crippen LogP contribution in [0.3, 0.4) is 0 Å². The van der Waals surface area contributed by atoms with Gasteiger partial charge in [-0.25, -0.2) is 15.0 Å². The van der Waals surface area contributed by atoms with Crippen molar-refractivity contribution in [1.82, 2.24) is 19.7 Å². The van der Waals surface area contributed by atoms with Gasteiger partial charge in [0.1, 0.15) is 11.4 Å². The molecule has 0 radical (unpaired) electrons. The molecule has 6 nitrogen and oxygen atoms in total. The zero-order chi connectivity index (χ0) is 22.1. The average Bonchev–Trinajstić information content (AvgIpc) is 3.10. The van der Waals surface area contributed by atoms with Gasteiger partial charge in [-0.2, -0.15) is 4.73 Å². The Morgan fingerprint density at radius 2 is 1.68 bits per heavy atom. The van der Waals surface area contributed by atoms with Gasteiger partial charge in [0.15, 0.2) is 11.0 Å². The highest BCUT2D eigenvalue weighted by Gasteiger charge is 2.25. The number of benzene rings is 2. The van der Waals surface area contributed by atoms with E-state index in [0.717, 1.165) is 10.3 Å². The molecule has 4 rings (SSSR count). The van der Waals surface area contributed by atoms with Gasteiger partial charge >= 0.3 is 0 Å².